The van der Waals surface area contributed by atoms with Crippen LogP contribution in [0.4, 0.5) is 4.39 Å². The van der Waals surface area contributed by atoms with Crippen LogP contribution in [0.1, 0.15) is 28.7 Å². The van der Waals surface area contributed by atoms with Crippen molar-refractivity contribution in [1.82, 2.24) is 9.78 Å². The van der Waals surface area contributed by atoms with Crippen LogP contribution in [-0.4, -0.2) is 15.6 Å². The molecule has 0 saturated carbocycles. The third kappa shape index (κ3) is 3.10. The van der Waals surface area contributed by atoms with Crippen molar-refractivity contribution in [3.8, 4) is 0 Å². The lowest BCUT2D eigenvalue weighted by atomic mass is 10.1. The van der Waals surface area contributed by atoms with Crippen molar-refractivity contribution in [2.24, 2.45) is 7.05 Å². The lowest BCUT2D eigenvalue weighted by Gasteiger charge is -2.04. The minimum absolute atomic E-state index is 0.0578. The number of carbonyl (C=O) groups excluding carboxylic acids is 1. The van der Waals surface area contributed by atoms with E-state index in [1.165, 1.54) is 18.2 Å². The van der Waals surface area contributed by atoms with Crippen molar-refractivity contribution in [3.63, 3.8) is 0 Å². The molecule has 0 fully saturated rings. The number of hydrogen-bond donors (Lipinski definition) is 0. The van der Waals surface area contributed by atoms with Gasteiger partial charge in [-0.15, -0.1) is 0 Å². The molecule has 0 unspecified atom stereocenters. The van der Waals surface area contributed by atoms with Crippen LogP contribution in [0.25, 0.3) is 0 Å². The number of rotatable bonds is 4. The van der Waals surface area contributed by atoms with Gasteiger partial charge in [-0.3, -0.25) is 9.48 Å². The van der Waals surface area contributed by atoms with Gasteiger partial charge in [0.25, 0.3) is 0 Å². The highest BCUT2D eigenvalue weighted by Gasteiger charge is 2.14. The number of aromatic nitrogens is 2. The predicted molar refractivity (Wildman–Crippen MR) is 74.7 cm³/mol. The summed E-state index contributed by atoms with van der Waals surface area (Å²) in [4.78, 5) is 12.2. The Morgan fingerprint density at radius 3 is 2.74 bits per heavy atom. The number of benzene rings is 1. The maximum Gasteiger partial charge on any atom is 0.169 e. The molecular weight excluding hydrogens is 311 g/mol. The largest absolute Gasteiger partial charge is 0.294 e. The smallest absolute Gasteiger partial charge is 0.169 e. The van der Waals surface area contributed by atoms with Gasteiger partial charge >= 0.3 is 0 Å². The maximum atomic E-state index is 13.0. The van der Waals surface area contributed by atoms with Gasteiger partial charge in [0.2, 0.25) is 0 Å². The third-order valence-electron chi connectivity index (χ3n) is 2.96. The predicted octanol–water partition coefficient (Wildman–Crippen LogP) is 3.31. The fourth-order valence-corrected chi connectivity index (χ4v) is 2.46. The van der Waals surface area contributed by atoms with Crippen LogP contribution in [0.5, 0.6) is 0 Å². The molecule has 0 radical (unpaired) electrons. The van der Waals surface area contributed by atoms with Crippen molar-refractivity contribution in [1.29, 1.82) is 0 Å². The highest BCUT2D eigenvalue weighted by atomic mass is 79.9. The van der Waals surface area contributed by atoms with Gasteiger partial charge in [0.15, 0.2) is 5.78 Å². The van der Waals surface area contributed by atoms with Crippen molar-refractivity contribution < 1.29 is 9.18 Å². The van der Waals surface area contributed by atoms with E-state index < -0.39 is 0 Å². The van der Waals surface area contributed by atoms with Crippen LogP contribution in [0.3, 0.4) is 0 Å². The van der Waals surface area contributed by atoms with Crippen LogP contribution in [0.2, 0.25) is 0 Å². The summed E-state index contributed by atoms with van der Waals surface area (Å²) < 4.78 is 15.2. The summed E-state index contributed by atoms with van der Waals surface area (Å²) in [7, 11) is 1.82. The molecule has 0 aliphatic rings. The molecule has 0 N–H and O–H groups in total. The molecule has 0 atom stereocenters. The molecule has 1 aromatic carbocycles. The monoisotopic (exact) mass is 324 g/mol. The molecule has 19 heavy (non-hydrogen) atoms. The molecule has 2 aromatic rings. The third-order valence-corrected chi connectivity index (χ3v) is 3.62. The average molecular weight is 325 g/mol. The Balaban J connectivity index is 2.23. The van der Waals surface area contributed by atoms with Crippen LogP contribution in [0, 0.1) is 5.82 Å². The van der Waals surface area contributed by atoms with Crippen LogP contribution >= 0.6 is 15.9 Å². The van der Waals surface area contributed by atoms with Crippen molar-refractivity contribution in [3.05, 3.63) is 51.5 Å². The summed E-state index contributed by atoms with van der Waals surface area (Å²) in [6.45, 7) is 2.02. The molecule has 0 bridgehead atoms. The van der Waals surface area contributed by atoms with E-state index in [4.69, 9.17) is 0 Å². The molecule has 5 heteroatoms. The molecule has 1 heterocycles. The second kappa shape index (κ2) is 5.65. The molecule has 0 saturated heterocycles. The van der Waals surface area contributed by atoms with E-state index in [0.29, 0.717) is 10.0 Å². The van der Waals surface area contributed by atoms with Gasteiger partial charge in [-0.2, -0.15) is 5.10 Å². The topological polar surface area (TPSA) is 34.9 Å². The summed E-state index contributed by atoms with van der Waals surface area (Å²) >= 11 is 3.22. The van der Waals surface area contributed by atoms with Gasteiger partial charge in [0, 0.05) is 22.8 Å². The lowest BCUT2D eigenvalue weighted by Crippen LogP contribution is -2.08. The zero-order chi connectivity index (χ0) is 14.0. The minimum atomic E-state index is -0.364. The molecule has 2 rings (SSSR count). The number of ketones is 1. The van der Waals surface area contributed by atoms with Gasteiger partial charge < -0.3 is 0 Å². The zero-order valence-corrected chi connectivity index (χ0v) is 12.4. The van der Waals surface area contributed by atoms with Crippen molar-refractivity contribution >= 4 is 21.7 Å². The first-order valence-electron chi connectivity index (χ1n) is 6.01. The number of carbonyl (C=O) groups is 1. The van der Waals surface area contributed by atoms with Crippen LogP contribution in [-0.2, 0) is 19.9 Å². The Hall–Kier alpha value is -1.49. The number of halogens is 2. The summed E-state index contributed by atoms with van der Waals surface area (Å²) in [5.41, 5.74) is 2.31. The van der Waals surface area contributed by atoms with Gasteiger partial charge in [0.1, 0.15) is 5.82 Å². The normalized spacial score (nSPS) is 10.7. The molecular formula is C14H14BrFN2O. The van der Waals surface area contributed by atoms with Gasteiger partial charge in [-0.05, 0) is 46.6 Å². The quantitative estimate of drug-likeness (QED) is 0.809. The first kappa shape index (κ1) is 13.9. The van der Waals surface area contributed by atoms with Crippen LogP contribution in [0.15, 0.2) is 28.7 Å². The highest BCUT2D eigenvalue weighted by molar-refractivity contribution is 9.10. The molecule has 0 amide bonds. The summed E-state index contributed by atoms with van der Waals surface area (Å²) in [5, 5.41) is 4.31. The Kier molecular flexibility index (Phi) is 4.14. The van der Waals surface area contributed by atoms with Crippen molar-refractivity contribution in [2.75, 3.05) is 0 Å². The van der Waals surface area contributed by atoms with E-state index >= 15 is 0 Å². The van der Waals surface area contributed by atoms with Gasteiger partial charge in [-0.25, -0.2) is 4.39 Å². The number of hydrogen-bond acceptors (Lipinski definition) is 2. The second-order valence-electron chi connectivity index (χ2n) is 4.33. The van der Waals surface area contributed by atoms with Crippen molar-refractivity contribution in [2.45, 2.75) is 19.8 Å². The van der Waals surface area contributed by atoms with E-state index in [-0.39, 0.29) is 18.0 Å². The first-order chi connectivity index (χ1) is 9.01. The maximum absolute atomic E-state index is 13.0. The Labute approximate surface area is 119 Å². The number of aryl methyl sites for hydroxylation is 2. The van der Waals surface area contributed by atoms with E-state index in [0.717, 1.165) is 17.8 Å². The molecule has 0 spiro atoms. The number of Topliss-reactive ketones (excluding diaryl/α,β-unsaturated/α-hetero) is 1. The fraction of sp³-hybridized carbons (Fsp3) is 0.286. The molecule has 0 aliphatic carbocycles. The summed E-state index contributed by atoms with van der Waals surface area (Å²) in [5.74, 6) is -0.422. The number of nitrogens with zero attached hydrogens (tertiary/aromatic N) is 2. The first-order valence-corrected chi connectivity index (χ1v) is 6.80. The zero-order valence-electron chi connectivity index (χ0n) is 10.8. The lowest BCUT2D eigenvalue weighted by molar-refractivity contribution is 0.0990. The van der Waals surface area contributed by atoms with E-state index in [2.05, 4.69) is 21.0 Å². The van der Waals surface area contributed by atoms with E-state index in [9.17, 15) is 9.18 Å². The molecule has 0 aliphatic heterocycles. The van der Waals surface area contributed by atoms with E-state index in [1.54, 1.807) is 4.68 Å². The van der Waals surface area contributed by atoms with Crippen LogP contribution < -0.4 is 0 Å². The second-order valence-corrected chi connectivity index (χ2v) is 5.18. The standard InChI is InChI=1S/C14H14BrFN2O/c1-3-10-7-11(18(2)17-10)8-14(19)12-5-4-9(16)6-13(12)15/h4-7H,3,8H2,1-2H3. The van der Waals surface area contributed by atoms with Gasteiger partial charge in [0.05, 0.1) is 12.1 Å². The SMILES string of the molecule is CCc1cc(CC(=O)c2ccc(F)cc2Br)n(C)n1. The Bertz CT molecular complexity index is 622. The fourth-order valence-electron chi connectivity index (χ4n) is 1.89. The van der Waals surface area contributed by atoms with Gasteiger partial charge in [-0.1, -0.05) is 6.92 Å². The summed E-state index contributed by atoms with van der Waals surface area (Å²) in [6.07, 6.45) is 1.09. The Morgan fingerprint density at radius 1 is 1.42 bits per heavy atom. The highest BCUT2D eigenvalue weighted by Crippen LogP contribution is 2.20. The Morgan fingerprint density at radius 2 is 2.16 bits per heavy atom. The molecule has 3 nitrogen and oxygen atoms in total. The summed E-state index contributed by atoms with van der Waals surface area (Å²) in [6, 6.07) is 6.01. The minimum Gasteiger partial charge on any atom is -0.294 e. The average Bonchev–Trinajstić information content (AvgIpc) is 2.70. The molecule has 100 valence electrons. The van der Waals surface area contributed by atoms with E-state index in [1.807, 2.05) is 20.0 Å². The molecule has 1 aromatic heterocycles.